The highest BCUT2D eigenvalue weighted by Crippen LogP contribution is 2.34. The Labute approximate surface area is 78.3 Å². The van der Waals surface area contributed by atoms with Crippen LogP contribution in [0.4, 0.5) is 0 Å². The largest absolute Gasteiger partial charge is 0.467 e. The predicted octanol–water partition coefficient (Wildman–Crippen LogP) is -0.0916. The molecule has 1 rings (SSSR count). The van der Waals surface area contributed by atoms with Crippen LogP contribution in [0.15, 0.2) is 0 Å². The van der Waals surface area contributed by atoms with Crippen molar-refractivity contribution in [1.29, 1.82) is 0 Å². The van der Waals surface area contributed by atoms with Crippen molar-refractivity contribution in [3.8, 4) is 0 Å². The third-order valence-electron chi connectivity index (χ3n) is 2.48. The van der Waals surface area contributed by atoms with Crippen molar-refractivity contribution in [2.24, 2.45) is 5.92 Å². The zero-order valence-electron chi connectivity index (χ0n) is 8.12. The first-order valence-electron chi connectivity index (χ1n) is 4.62. The van der Waals surface area contributed by atoms with E-state index in [9.17, 15) is 9.90 Å². The van der Waals surface area contributed by atoms with Gasteiger partial charge in [-0.25, -0.2) is 4.79 Å². The molecular formula is C9H17NO3. The molecule has 4 heteroatoms. The molecule has 76 valence electrons. The van der Waals surface area contributed by atoms with E-state index in [1.165, 1.54) is 20.0 Å². The van der Waals surface area contributed by atoms with E-state index in [4.69, 9.17) is 0 Å². The summed E-state index contributed by atoms with van der Waals surface area (Å²) in [6.45, 7) is 0. The summed E-state index contributed by atoms with van der Waals surface area (Å²) in [6.07, 6.45) is 2.25. The summed E-state index contributed by atoms with van der Waals surface area (Å²) < 4.78 is 4.47. The fourth-order valence-electron chi connectivity index (χ4n) is 1.40. The van der Waals surface area contributed by atoms with Crippen LogP contribution < -0.4 is 5.32 Å². The van der Waals surface area contributed by atoms with E-state index in [0.29, 0.717) is 5.92 Å². The Morgan fingerprint density at radius 2 is 2.31 bits per heavy atom. The molecule has 0 aromatic carbocycles. The number of carbonyl (C=O) groups excluding carboxylic acids is 1. The van der Waals surface area contributed by atoms with Crippen molar-refractivity contribution in [3.63, 3.8) is 0 Å². The molecule has 4 nitrogen and oxygen atoms in total. The summed E-state index contributed by atoms with van der Waals surface area (Å²) in [6, 6.07) is -0.167. The normalized spacial score (nSPS) is 20.8. The number of hydrogen-bond acceptors (Lipinski definition) is 4. The average Bonchev–Trinajstić information content (AvgIpc) is 2.95. The average molecular weight is 187 g/mol. The van der Waals surface area contributed by atoms with Crippen LogP contribution in [0, 0.1) is 5.92 Å². The standard InChI is InChI=1S/C9H17NO3/c1-10-7(5-6-3-4-6)8(11)9(12)13-2/h6-8,10-11H,3-5H2,1-2H3/t7-,8?/m0/s1. The van der Waals surface area contributed by atoms with Crippen molar-refractivity contribution in [2.75, 3.05) is 14.2 Å². The zero-order chi connectivity index (χ0) is 9.84. The lowest BCUT2D eigenvalue weighted by Crippen LogP contribution is -2.43. The maximum atomic E-state index is 11.0. The lowest BCUT2D eigenvalue weighted by molar-refractivity contribution is -0.152. The van der Waals surface area contributed by atoms with Crippen LogP contribution in [0.25, 0.3) is 0 Å². The molecule has 0 aromatic rings. The first-order valence-corrected chi connectivity index (χ1v) is 4.62. The Hall–Kier alpha value is -0.610. The molecule has 2 atom stereocenters. The Balaban J connectivity index is 2.38. The van der Waals surface area contributed by atoms with Gasteiger partial charge < -0.3 is 15.2 Å². The lowest BCUT2D eigenvalue weighted by atomic mass is 10.0. The molecule has 1 fully saturated rings. The molecule has 0 bridgehead atoms. The monoisotopic (exact) mass is 187 g/mol. The highest BCUT2D eigenvalue weighted by molar-refractivity contribution is 5.75. The van der Waals surface area contributed by atoms with Gasteiger partial charge in [0.15, 0.2) is 6.10 Å². The highest BCUT2D eigenvalue weighted by Gasteiger charge is 2.32. The number of methoxy groups -OCH3 is 1. The van der Waals surface area contributed by atoms with Crippen LogP contribution in [-0.4, -0.2) is 37.4 Å². The molecule has 2 N–H and O–H groups in total. The topological polar surface area (TPSA) is 58.6 Å². The Morgan fingerprint density at radius 3 is 2.69 bits per heavy atom. The van der Waals surface area contributed by atoms with Gasteiger partial charge in [-0.15, -0.1) is 0 Å². The van der Waals surface area contributed by atoms with Crippen LogP contribution in [-0.2, 0) is 9.53 Å². The number of aliphatic hydroxyl groups is 1. The highest BCUT2D eigenvalue weighted by atomic mass is 16.5. The second kappa shape index (κ2) is 4.58. The van der Waals surface area contributed by atoms with E-state index in [1.807, 2.05) is 0 Å². The van der Waals surface area contributed by atoms with Crippen LogP contribution in [0.2, 0.25) is 0 Å². The molecule has 0 aromatic heterocycles. The maximum absolute atomic E-state index is 11.0. The molecule has 0 heterocycles. The van der Waals surface area contributed by atoms with E-state index < -0.39 is 12.1 Å². The van der Waals surface area contributed by atoms with Crippen LogP contribution >= 0.6 is 0 Å². The number of nitrogens with one attached hydrogen (secondary N) is 1. The van der Waals surface area contributed by atoms with Crippen molar-refractivity contribution in [3.05, 3.63) is 0 Å². The second-order valence-electron chi connectivity index (χ2n) is 3.54. The third kappa shape index (κ3) is 2.97. The fraction of sp³-hybridized carbons (Fsp3) is 0.889. The molecule has 1 aliphatic carbocycles. The Morgan fingerprint density at radius 1 is 1.69 bits per heavy atom. The number of rotatable bonds is 5. The molecule has 0 radical (unpaired) electrons. The molecule has 1 unspecified atom stereocenters. The minimum absolute atomic E-state index is 0.167. The van der Waals surface area contributed by atoms with Gasteiger partial charge in [0.05, 0.1) is 7.11 Å². The number of carbonyl (C=O) groups is 1. The zero-order valence-corrected chi connectivity index (χ0v) is 8.12. The fourth-order valence-corrected chi connectivity index (χ4v) is 1.40. The minimum Gasteiger partial charge on any atom is -0.467 e. The third-order valence-corrected chi connectivity index (χ3v) is 2.48. The lowest BCUT2D eigenvalue weighted by Gasteiger charge is -2.19. The molecule has 13 heavy (non-hydrogen) atoms. The summed E-state index contributed by atoms with van der Waals surface area (Å²) in [4.78, 5) is 11.0. The maximum Gasteiger partial charge on any atom is 0.336 e. The minimum atomic E-state index is -1.03. The quantitative estimate of drug-likeness (QED) is 0.590. The Bertz CT molecular complexity index is 180. The molecule has 0 aliphatic heterocycles. The number of hydrogen-bond donors (Lipinski definition) is 2. The summed E-state index contributed by atoms with van der Waals surface area (Å²) in [5.41, 5.74) is 0. The van der Waals surface area contributed by atoms with Gasteiger partial charge in [0.1, 0.15) is 0 Å². The van der Waals surface area contributed by atoms with Crippen molar-refractivity contribution in [1.82, 2.24) is 5.32 Å². The second-order valence-corrected chi connectivity index (χ2v) is 3.54. The SMILES string of the molecule is CN[C@@H](CC1CC1)C(O)C(=O)OC. The van der Waals surface area contributed by atoms with Gasteiger partial charge in [-0.05, 0) is 19.4 Å². The molecule has 0 saturated heterocycles. The molecule has 0 amide bonds. The molecule has 1 saturated carbocycles. The number of likely N-dealkylation sites (N-methyl/N-ethyl adjacent to an activating group) is 1. The molecular weight excluding hydrogens is 170 g/mol. The van der Waals surface area contributed by atoms with Crippen LogP contribution in [0.3, 0.4) is 0 Å². The summed E-state index contributed by atoms with van der Waals surface area (Å²) in [5, 5.41) is 12.5. The van der Waals surface area contributed by atoms with E-state index in [1.54, 1.807) is 7.05 Å². The van der Waals surface area contributed by atoms with Gasteiger partial charge in [0.2, 0.25) is 0 Å². The summed E-state index contributed by atoms with van der Waals surface area (Å²) in [5.74, 6) is 0.122. The van der Waals surface area contributed by atoms with Gasteiger partial charge in [-0.1, -0.05) is 12.8 Å². The number of ether oxygens (including phenoxy) is 1. The van der Waals surface area contributed by atoms with Gasteiger partial charge in [0.25, 0.3) is 0 Å². The van der Waals surface area contributed by atoms with Gasteiger partial charge in [-0.2, -0.15) is 0 Å². The smallest absolute Gasteiger partial charge is 0.336 e. The van der Waals surface area contributed by atoms with Crippen LogP contribution in [0.5, 0.6) is 0 Å². The van der Waals surface area contributed by atoms with Crippen molar-refractivity contribution >= 4 is 5.97 Å². The Kier molecular flexibility index (Phi) is 3.69. The van der Waals surface area contributed by atoms with Crippen LogP contribution in [0.1, 0.15) is 19.3 Å². The summed E-state index contributed by atoms with van der Waals surface area (Å²) >= 11 is 0. The van der Waals surface area contributed by atoms with Crippen molar-refractivity contribution < 1.29 is 14.6 Å². The predicted molar refractivity (Wildman–Crippen MR) is 48.2 cm³/mol. The molecule has 1 aliphatic rings. The first kappa shape index (κ1) is 10.5. The molecule has 0 spiro atoms. The van der Waals surface area contributed by atoms with Gasteiger partial charge in [-0.3, -0.25) is 0 Å². The van der Waals surface area contributed by atoms with E-state index in [2.05, 4.69) is 10.1 Å². The summed E-state index contributed by atoms with van der Waals surface area (Å²) in [7, 11) is 3.04. The van der Waals surface area contributed by atoms with Gasteiger partial charge >= 0.3 is 5.97 Å². The van der Waals surface area contributed by atoms with E-state index >= 15 is 0 Å². The first-order chi connectivity index (χ1) is 6.19. The van der Waals surface area contributed by atoms with Crippen molar-refractivity contribution in [2.45, 2.75) is 31.4 Å². The van der Waals surface area contributed by atoms with E-state index in [-0.39, 0.29) is 6.04 Å². The van der Waals surface area contributed by atoms with Gasteiger partial charge in [0, 0.05) is 6.04 Å². The van der Waals surface area contributed by atoms with E-state index in [0.717, 1.165) is 6.42 Å². The number of esters is 1. The number of aliphatic hydroxyl groups excluding tert-OH is 1.